The van der Waals surface area contributed by atoms with Crippen molar-refractivity contribution in [2.24, 2.45) is 0 Å². The van der Waals surface area contributed by atoms with E-state index in [1.807, 2.05) is 44.3 Å². The van der Waals surface area contributed by atoms with Crippen molar-refractivity contribution >= 4 is 16.7 Å². The van der Waals surface area contributed by atoms with Gasteiger partial charge < -0.3 is 4.57 Å². The van der Waals surface area contributed by atoms with E-state index in [0.29, 0.717) is 0 Å². The second-order valence-corrected chi connectivity index (χ2v) is 5.39. The summed E-state index contributed by atoms with van der Waals surface area (Å²) in [6, 6.07) is 12.4. The Balaban J connectivity index is 1.96. The average molecular weight is 281 g/mol. The molecule has 0 saturated carbocycles. The van der Waals surface area contributed by atoms with Crippen LogP contribution in [0, 0.1) is 19.7 Å². The van der Waals surface area contributed by atoms with Crippen molar-refractivity contribution in [1.29, 1.82) is 0 Å². The highest BCUT2D eigenvalue weighted by Crippen LogP contribution is 2.19. The minimum absolute atomic E-state index is 0.0398. The number of hydrogen-bond donors (Lipinski definition) is 0. The first kappa shape index (κ1) is 13.6. The molecule has 21 heavy (non-hydrogen) atoms. The van der Waals surface area contributed by atoms with Crippen molar-refractivity contribution in [3.63, 3.8) is 0 Å². The molecule has 0 atom stereocenters. The standard InChI is InChI=1S/C18H16FNO/c1-12-3-4-13(2)16(9-12)18(21)11-20-8-7-14-5-6-15(19)10-17(14)20/h3-10H,11H2,1-2H3. The van der Waals surface area contributed by atoms with E-state index in [-0.39, 0.29) is 18.1 Å². The van der Waals surface area contributed by atoms with Crippen molar-refractivity contribution in [3.05, 3.63) is 71.2 Å². The summed E-state index contributed by atoms with van der Waals surface area (Å²) in [7, 11) is 0. The van der Waals surface area contributed by atoms with Crippen LogP contribution in [0.4, 0.5) is 4.39 Å². The van der Waals surface area contributed by atoms with Crippen LogP contribution in [0.15, 0.2) is 48.7 Å². The number of benzene rings is 2. The van der Waals surface area contributed by atoms with E-state index in [1.54, 1.807) is 10.6 Å². The van der Waals surface area contributed by atoms with Crippen LogP contribution in [0.25, 0.3) is 10.9 Å². The third-order valence-electron chi connectivity index (χ3n) is 3.74. The van der Waals surface area contributed by atoms with Gasteiger partial charge in [-0.05, 0) is 55.1 Å². The fraction of sp³-hybridized carbons (Fsp3) is 0.167. The van der Waals surface area contributed by atoms with E-state index < -0.39 is 0 Å². The van der Waals surface area contributed by atoms with Crippen molar-refractivity contribution in [1.82, 2.24) is 4.57 Å². The van der Waals surface area contributed by atoms with Crippen LogP contribution in [0.3, 0.4) is 0 Å². The van der Waals surface area contributed by atoms with E-state index in [0.717, 1.165) is 27.6 Å². The molecular formula is C18H16FNO. The largest absolute Gasteiger partial charge is 0.340 e. The van der Waals surface area contributed by atoms with Gasteiger partial charge >= 0.3 is 0 Å². The summed E-state index contributed by atoms with van der Waals surface area (Å²) >= 11 is 0. The zero-order valence-corrected chi connectivity index (χ0v) is 12.1. The van der Waals surface area contributed by atoms with Crippen LogP contribution in [0.5, 0.6) is 0 Å². The highest BCUT2D eigenvalue weighted by Gasteiger charge is 2.12. The number of halogens is 1. The summed E-state index contributed by atoms with van der Waals surface area (Å²) in [5.74, 6) is -0.250. The van der Waals surface area contributed by atoms with E-state index in [2.05, 4.69) is 0 Å². The number of aromatic nitrogens is 1. The van der Waals surface area contributed by atoms with Gasteiger partial charge in [0.15, 0.2) is 5.78 Å². The number of hydrogen-bond acceptors (Lipinski definition) is 1. The minimum atomic E-state index is -0.290. The zero-order chi connectivity index (χ0) is 15.0. The van der Waals surface area contributed by atoms with E-state index in [9.17, 15) is 9.18 Å². The lowest BCUT2D eigenvalue weighted by atomic mass is 10.0. The predicted molar refractivity (Wildman–Crippen MR) is 82.1 cm³/mol. The molecule has 1 heterocycles. The molecule has 0 N–H and O–H groups in total. The lowest BCUT2D eigenvalue weighted by molar-refractivity contribution is 0.0973. The number of nitrogens with zero attached hydrogens (tertiary/aromatic N) is 1. The number of carbonyl (C=O) groups excluding carboxylic acids is 1. The fourth-order valence-corrected chi connectivity index (χ4v) is 2.57. The quantitative estimate of drug-likeness (QED) is 0.657. The molecule has 106 valence electrons. The van der Waals surface area contributed by atoms with E-state index >= 15 is 0 Å². The smallest absolute Gasteiger partial charge is 0.182 e. The highest BCUT2D eigenvalue weighted by atomic mass is 19.1. The molecule has 0 aliphatic carbocycles. The minimum Gasteiger partial charge on any atom is -0.340 e. The fourth-order valence-electron chi connectivity index (χ4n) is 2.57. The maximum atomic E-state index is 13.4. The molecule has 0 spiro atoms. The van der Waals surface area contributed by atoms with Crippen LogP contribution in [-0.4, -0.2) is 10.4 Å². The SMILES string of the molecule is Cc1ccc(C)c(C(=O)Cn2ccc3ccc(F)cc32)c1. The molecule has 3 heteroatoms. The Morgan fingerprint density at radius 2 is 1.90 bits per heavy atom. The van der Waals surface area contributed by atoms with Crippen LogP contribution in [-0.2, 0) is 6.54 Å². The summed E-state index contributed by atoms with van der Waals surface area (Å²) in [6.45, 7) is 4.12. The number of aryl methyl sites for hydroxylation is 2. The van der Waals surface area contributed by atoms with Crippen LogP contribution < -0.4 is 0 Å². The third-order valence-corrected chi connectivity index (χ3v) is 3.74. The number of Topliss-reactive ketones (excluding diaryl/α,β-unsaturated/α-hetero) is 1. The van der Waals surface area contributed by atoms with Crippen LogP contribution >= 0.6 is 0 Å². The van der Waals surface area contributed by atoms with Crippen LogP contribution in [0.1, 0.15) is 21.5 Å². The molecule has 3 aromatic rings. The first-order valence-electron chi connectivity index (χ1n) is 6.89. The molecule has 0 unspecified atom stereocenters. The maximum absolute atomic E-state index is 13.4. The third kappa shape index (κ3) is 2.59. The molecular weight excluding hydrogens is 265 g/mol. The molecule has 0 amide bonds. The van der Waals surface area contributed by atoms with Crippen molar-refractivity contribution in [2.45, 2.75) is 20.4 Å². The van der Waals surface area contributed by atoms with Gasteiger partial charge in [0.25, 0.3) is 0 Å². The lowest BCUT2D eigenvalue weighted by Gasteiger charge is -2.08. The van der Waals surface area contributed by atoms with Crippen molar-refractivity contribution in [2.75, 3.05) is 0 Å². The predicted octanol–water partition coefficient (Wildman–Crippen LogP) is 4.28. The molecule has 0 radical (unpaired) electrons. The summed E-state index contributed by atoms with van der Waals surface area (Å²) in [5.41, 5.74) is 3.50. The molecule has 0 saturated heterocycles. The first-order valence-corrected chi connectivity index (χ1v) is 6.89. The molecule has 2 nitrogen and oxygen atoms in total. The zero-order valence-electron chi connectivity index (χ0n) is 12.1. The lowest BCUT2D eigenvalue weighted by Crippen LogP contribution is -2.11. The topological polar surface area (TPSA) is 22.0 Å². The summed E-state index contributed by atoms with van der Waals surface area (Å²) < 4.78 is 15.2. The average Bonchev–Trinajstić information content (AvgIpc) is 2.84. The molecule has 0 fully saturated rings. The van der Waals surface area contributed by atoms with Gasteiger partial charge in [0.2, 0.25) is 0 Å². The van der Waals surface area contributed by atoms with Gasteiger partial charge in [0.1, 0.15) is 5.82 Å². The van der Waals surface area contributed by atoms with Gasteiger partial charge in [-0.25, -0.2) is 4.39 Å². The van der Waals surface area contributed by atoms with Crippen molar-refractivity contribution < 1.29 is 9.18 Å². The van der Waals surface area contributed by atoms with Gasteiger partial charge in [0, 0.05) is 11.8 Å². The Morgan fingerprint density at radius 1 is 1.10 bits per heavy atom. The molecule has 2 aromatic carbocycles. The number of carbonyl (C=O) groups is 1. The molecule has 0 aliphatic rings. The molecule has 0 bridgehead atoms. The highest BCUT2D eigenvalue weighted by molar-refractivity contribution is 5.98. The first-order chi connectivity index (χ1) is 10.0. The summed E-state index contributed by atoms with van der Waals surface area (Å²) in [6.07, 6.45) is 1.83. The molecule has 1 aromatic heterocycles. The summed E-state index contributed by atoms with van der Waals surface area (Å²) in [4.78, 5) is 12.5. The van der Waals surface area contributed by atoms with Crippen molar-refractivity contribution in [3.8, 4) is 0 Å². The second-order valence-electron chi connectivity index (χ2n) is 5.39. The number of fused-ring (bicyclic) bond motifs is 1. The van der Waals surface area contributed by atoms with Crippen LogP contribution in [0.2, 0.25) is 0 Å². The molecule has 3 rings (SSSR count). The van der Waals surface area contributed by atoms with Gasteiger partial charge in [-0.15, -0.1) is 0 Å². The maximum Gasteiger partial charge on any atom is 0.182 e. The van der Waals surface area contributed by atoms with E-state index in [1.165, 1.54) is 12.1 Å². The Hall–Kier alpha value is -2.42. The second kappa shape index (κ2) is 5.17. The number of rotatable bonds is 3. The Labute approximate surface area is 122 Å². The normalized spacial score (nSPS) is 11.0. The van der Waals surface area contributed by atoms with Gasteiger partial charge in [0.05, 0.1) is 12.1 Å². The Bertz CT molecular complexity index is 832. The van der Waals surface area contributed by atoms with Gasteiger partial charge in [-0.3, -0.25) is 4.79 Å². The van der Waals surface area contributed by atoms with E-state index in [4.69, 9.17) is 0 Å². The molecule has 0 aliphatic heterocycles. The number of ketones is 1. The monoisotopic (exact) mass is 281 g/mol. The Morgan fingerprint density at radius 3 is 2.71 bits per heavy atom. The van der Waals surface area contributed by atoms with Gasteiger partial charge in [-0.1, -0.05) is 17.7 Å². The Kier molecular flexibility index (Phi) is 3.34. The summed E-state index contributed by atoms with van der Waals surface area (Å²) in [5, 5.41) is 0.935. The van der Waals surface area contributed by atoms with Gasteiger partial charge in [-0.2, -0.15) is 0 Å².